The van der Waals surface area contributed by atoms with E-state index in [4.69, 9.17) is 4.42 Å². The van der Waals surface area contributed by atoms with Crippen molar-refractivity contribution in [3.8, 4) is 11.5 Å². The Morgan fingerprint density at radius 2 is 1.90 bits per heavy atom. The van der Waals surface area contributed by atoms with E-state index in [0.717, 1.165) is 22.2 Å². The van der Waals surface area contributed by atoms with Gasteiger partial charge in [-0.1, -0.05) is 30.3 Å². The first-order valence-corrected chi connectivity index (χ1v) is 6.68. The monoisotopic (exact) mass is 276 g/mol. The summed E-state index contributed by atoms with van der Waals surface area (Å²) in [7, 11) is 0. The van der Waals surface area contributed by atoms with E-state index in [-0.39, 0.29) is 0 Å². The van der Waals surface area contributed by atoms with Gasteiger partial charge < -0.3 is 9.40 Å². The second-order valence-electron chi connectivity index (χ2n) is 4.80. The Labute approximate surface area is 120 Å². The van der Waals surface area contributed by atoms with Crippen molar-refractivity contribution in [3.63, 3.8) is 0 Å². The molecular weight excluding hydrogens is 264 g/mol. The molecule has 1 N–H and O–H groups in total. The Morgan fingerprint density at radius 3 is 2.81 bits per heavy atom. The van der Waals surface area contributed by atoms with Gasteiger partial charge in [0.1, 0.15) is 0 Å². The molecular formula is C16H12N4O. The maximum absolute atomic E-state index is 5.74. The van der Waals surface area contributed by atoms with Gasteiger partial charge in [0.15, 0.2) is 0 Å². The summed E-state index contributed by atoms with van der Waals surface area (Å²) in [6, 6.07) is 15.9. The highest BCUT2D eigenvalue weighted by atomic mass is 16.4. The van der Waals surface area contributed by atoms with Crippen molar-refractivity contribution in [2.75, 3.05) is 0 Å². The highest BCUT2D eigenvalue weighted by Crippen LogP contribution is 2.22. The predicted octanol–water partition coefficient (Wildman–Crippen LogP) is 3.20. The van der Waals surface area contributed by atoms with Crippen LogP contribution in [0.15, 0.2) is 59.3 Å². The van der Waals surface area contributed by atoms with Crippen LogP contribution in [0, 0.1) is 0 Å². The summed E-state index contributed by atoms with van der Waals surface area (Å²) < 4.78 is 5.74. The SMILES string of the molecule is c1ccc(Cc2nnc(-c3ccc4nc[nH]c4c3)o2)cc1. The van der Waals surface area contributed by atoms with Crippen LogP contribution in [0.2, 0.25) is 0 Å². The third kappa shape index (κ3) is 2.29. The molecule has 0 saturated carbocycles. The number of hydrogen-bond donors (Lipinski definition) is 1. The molecule has 0 aliphatic heterocycles. The molecule has 4 aromatic rings. The van der Waals surface area contributed by atoms with Gasteiger partial charge in [-0.05, 0) is 23.8 Å². The molecule has 0 radical (unpaired) electrons. The zero-order valence-corrected chi connectivity index (χ0v) is 11.2. The zero-order chi connectivity index (χ0) is 14.1. The third-order valence-electron chi connectivity index (χ3n) is 3.33. The van der Waals surface area contributed by atoms with Crippen LogP contribution in [0.1, 0.15) is 11.5 Å². The van der Waals surface area contributed by atoms with Crippen molar-refractivity contribution < 1.29 is 4.42 Å². The molecule has 0 fully saturated rings. The van der Waals surface area contributed by atoms with Crippen LogP contribution in [-0.2, 0) is 6.42 Å². The standard InChI is InChI=1S/C16H12N4O/c1-2-4-11(5-3-1)8-15-19-20-16(21-15)12-6-7-13-14(9-12)18-10-17-13/h1-7,9-10H,8H2,(H,17,18). The molecule has 0 spiro atoms. The van der Waals surface area contributed by atoms with E-state index in [1.165, 1.54) is 0 Å². The number of hydrogen-bond acceptors (Lipinski definition) is 4. The Morgan fingerprint density at radius 1 is 1.00 bits per heavy atom. The van der Waals surface area contributed by atoms with E-state index >= 15 is 0 Å². The number of fused-ring (bicyclic) bond motifs is 1. The molecule has 0 aliphatic carbocycles. The normalized spacial score (nSPS) is 11.0. The van der Waals surface area contributed by atoms with Gasteiger partial charge in [0.05, 0.1) is 23.8 Å². The molecule has 0 atom stereocenters. The molecule has 0 bridgehead atoms. The van der Waals surface area contributed by atoms with Crippen molar-refractivity contribution in [3.05, 3.63) is 66.3 Å². The second kappa shape index (κ2) is 4.86. The lowest BCUT2D eigenvalue weighted by Crippen LogP contribution is -1.87. The molecule has 21 heavy (non-hydrogen) atoms. The van der Waals surface area contributed by atoms with Gasteiger partial charge in [0.2, 0.25) is 11.8 Å². The summed E-state index contributed by atoms with van der Waals surface area (Å²) in [6.45, 7) is 0. The number of H-pyrrole nitrogens is 1. The topological polar surface area (TPSA) is 67.6 Å². The largest absolute Gasteiger partial charge is 0.420 e. The molecule has 2 aromatic heterocycles. The van der Waals surface area contributed by atoms with Crippen molar-refractivity contribution in [1.82, 2.24) is 20.2 Å². The smallest absolute Gasteiger partial charge is 0.247 e. The lowest BCUT2D eigenvalue weighted by Gasteiger charge is -1.96. The van der Waals surface area contributed by atoms with Crippen molar-refractivity contribution in [2.45, 2.75) is 6.42 Å². The predicted molar refractivity (Wildman–Crippen MR) is 78.6 cm³/mol. The van der Waals surface area contributed by atoms with E-state index in [1.54, 1.807) is 6.33 Å². The summed E-state index contributed by atoms with van der Waals surface area (Å²) in [5.74, 6) is 1.14. The number of aromatic amines is 1. The average Bonchev–Trinajstić information content (AvgIpc) is 3.16. The minimum atomic E-state index is 0.525. The zero-order valence-electron chi connectivity index (χ0n) is 11.2. The highest BCUT2D eigenvalue weighted by molar-refractivity contribution is 5.79. The van der Waals surface area contributed by atoms with Crippen LogP contribution in [-0.4, -0.2) is 20.2 Å². The summed E-state index contributed by atoms with van der Waals surface area (Å²) in [4.78, 5) is 7.27. The first-order chi connectivity index (χ1) is 10.4. The summed E-state index contributed by atoms with van der Waals surface area (Å²) >= 11 is 0. The number of benzene rings is 2. The van der Waals surface area contributed by atoms with Crippen LogP contribution < -0.4 is 0 Å². The van der Waals surface area contributed by atoms with Gasteiger partial charge in [-0.2, -0.15) is 0 Å². The molecule has 102 valence electrons. The minimum absolute atomic E-state index is 0.525. The van der Waals surface area contributed by atoms with E-state index in [9.17, 15) is 0 Å². The summed E-state index contributed by atoms with van der Waals surface area (Å²) in [5, 5.41) is 8.24. The molecule has 2 aromatic carbocycles. The quantitative estimate of drug-likeness (QED) is 0.624. The molecule has 5 nitrogen and oxygen atoms in total. The maximum atomic E-state index is 5.74. The van der Waals surface area contributed by atoms with Crippen molar-refractivity contribution >= 4 is 11.0 Å². The average molecular weight is 276 g/mol. The Bertz CT molecular complexity index is 879. The van der Waals surface area contributed by atoms with Gasteiger partial charge in [-0.3, -0.25) is 0 Å². The van der Waals surface area contributed by atoms with Gasteiger partial charge in [0.25, 0.3) is 0 Å². The fourth-order valence-electron chi connectivity index (χ4n) is 2.28. The van der Waals surface area contributed by atoms with Gasteiger partial charge >= 0.3 is 0 Å². The van der Waals surface area contributed by atoms with Crippen molar-refractivity contribution in [2.24, 2.45) is 0 Å². The van der Waals surface area contributed by atoms with Crippen LogP contribution in [0.25, 0.3) is 22.5 Å². The van der Waals surface area contributed by atoms with Gasteiger partial charge in [-0.15, -0.1) is 10.2 Å². The maximum Gasteiger partial charge on any atom is 0.247 e. The van der Waals surface area contributed by atoms with Gasteiger partial charge in [-0.25, -0.2) is 4.98 Å². The van der Waals surface area contributed by atoms with Crippen LogP contribution in [0.4, 0.5) is 0 Å². The molecule has 4 rings (SSSR count). The third-order valence-corrected chi connectivity index (χ3v) is 3.33. The van der Waals surface area contributed by atoms with E-state index in [0.29, 0.717) is 18.2 Å². The summed E-state index contributed by atoms with van der Waals surface area (Å²) in [5.41, 5.74) is 3.91. The number of aromatic nitrogens is 4. The van der Waals surface area contributed by atoms with E-state index in [2.05, 4.69) is 20.2 Å². The fourth-order valence-corrected chi connectivity index (χ4v) is 2.28. The molecule has 0 aliphatic rings. The lowest BCUT2D eigenvalue weighted by atomic mass is 10.1. The van der Waals surface area contributed by atoms with Crippen LogP contribution >= 0.6 is 0 Å². The fraction of sp³-hybridized carbons (Fsp3) is 0.0625. The Hall–Kier alpha value is -2.95. The minimum Gasteiger partial charge on any atom is -0.420 e. The molecule has 0 saturated heterocycles. The van der Waals surface area contributed by atoms with Crippen molar-refractivity contribution in [1.29, 1.82) is 0 Å². The molecule has 0 amide bonds. The molecule has 5 heteroatoms. The Balaban J connectivity index is 1.64. The van der Waals surface area contributed by atoms with Gasteiger partial charge in [0, 0.05) is 5.56 Å². The second-order valence-corrected chi connectivity index (χ2v) is 4.80. The number of imidazole rings is 1. The summed E-state index contributed by atoms with van der Waals surface area (Å²) in [6.07, 6.45) is 2.31. The van der Waals surface area contributed by atoms with Crippen LogP contribution in [0.5, 0.6) is 0 Å². The van der Waals surface area contributed by atoms with E-state index in [1.807, 2.05) is 48.5 Å². The highest BCUT2D eigenvalue weighted by Gasteiger charge is 2.10. The lowest BCUT2D eigenvalue weighted by molar-refractivity contribution is 0.518. The van der Waals surface area contributed by atoms with Crippen LogP contribution in [0.3, 0.4) is 0 Å². The number of nitrogens with one attached hydrogen (secondary N) is 1. The van der Waals surface area contributed by atoms with E-state index < -0.39 is 0 Å². The number of rotatable bonds is 3. The molecule has 0 unspecified atom stereocenters. The first-order valence-electron chi connectivity index (χ1n) is 6.68. The Kier molecular flexibility index (Phi) is 2.74. The molecule has 2 heterocycles. The number of nitrogens with zero attached hydrogens (tertiary/aromatic N) is 3. The first kappa shape index (κ1) is 11.8.